The summed E-state index contributed by atoms with van der Waals surface area (Å²) in [6, 6.07) is 18.1. The van der Waals surface area contributed by atoms with Crippen LogP contribution < -0.4 is 10.2 Å². The van der Waals surface area contributed by atoms with Crippen molar-refractivity contribution in [3.63, 3.8) is 0 Å². The molecule has 0 radical (unpaired) electrons. The Balaban J connectivity index is 1.67. The first kappa shape index (κ1) is 17.8. The van der Waals surface area contributed by atoms with E-state index in [1.807, 2.05) is 30.3 Å². The number of phenolic OH excluding ortho intramolecular Hbond substituents is 1. The second-order valence-corrected chi connectivity index (χ2v) is 6.04. The molecule has 0 fully saturated rings. The quantitative estimate of drug-likeness (QED) is 0.525. The van der Waals surface area contributed by atoms with E-state index >= 15 is 0 Å². The molecule has 0 unspecified atom stereocenters. The molecular weight excluding hydrogens is 352 g/mol. The summed E-state index contributed by atoms with van der Waals surface area (Å²) in [5.41, 5.74) is 3.45. The van der Waals surface area contributed by atoms with Crippen LogP contribution in [0.4, 0.5) is 0 Å². The smallest absolute Gasteiger partial charge is 0.277 e. The van der Waals surface area contributed by atoms with E-state index < -0.39 is 5.91 Å². The summed E-state index contributed by atoms with van der Waals surface area (Å²) in [5.74, 6) is 0.132. The van der Waals surface area contributed by atoms with E-state index in [0.29, 0.717) is 22.0 Å². The average Bonchev–Trinajstić information content (AvgIpc) is 2.66. The van der Waals surface area contributed by atoms with Gasteiger partial charge in [0, 0.05) is 10.9 Å². The van der Waals surface area contributed by atoms with Crippen molar-refractivity contribution in [2.24, 2.45) is 5.10 Å². The number of benzene rings is 3. The molecule has 0 aliphatic heterocycles. The van der Waals surface area contributed by atoms with E-state index in [2.05, 4.69) is 10.5 Å². The molecule has 0 aliphatic carbocycles. The van der Waals surface area contributed by atoms with Gasteiger partial charge in [0.15, 0.2) is 6.61 Å². The zero-order valence-electron chi connectivity index (χ0n) is 14.1. The molecule has 26 heavy (non-hydrogen) atoms. The Bertz CT molecular complexity index is 986. The van der Waals surface area contributed by atoms with Gasteiger partial charge in [0.05, 0.1) is 10.7 Å². The van der Waals surface area contributed by atoms with Gasteiger partial charge in [-0.15, -0.1) is 0 Å². The highest BCUT2D eigenvalue weighted by molar-refractivity contribution is 6.32. The van der Waals surface area contributed by atoms with E-state index in [-0.39, 0.29) is 12.4 Å². The molecule has 0 saturated carbocycles. The van der Waals surface area contributed by atoms with Crippen molar-refractivity contribution >= 4 is 34.0 Å². The van der Waals surface area contributed by atoms with Crippen molar-refractivity contribution in [3.8, 4) is 11.5 Å². The number of fused-ring (bicyclic) bond motifs is 1. The molecule has 3 aromatic carbocycles. The normalized spacial score (nSPS) is 11.4. The maximum absolute atomic E-state index is 11.9. The average molecular weight is 369 g/mol. The van der Waals surface area contributed by atoms with Gasteiger partial charge in [-0.3, -0.25) is 4.79 Å². The maximum atomic E-state index is 11.9. The van der Waals surface area contributed by atoms with E-state index in [1.54, 1.807) is 37.3 Å². The Morgan fingerprint density at radius 3 is 2.65 bits per heavy atom. The Hall–Kier alpha value is -3.05. The van der Waals surface area contributed by atoms with Crippen LogP contribution in [-0.2, 0) is 4.79 Å². The van der Waals surface area contributed by atoms with Crippen molar-refractivity contribution in [1.82, 2.24) is 5.43 Å². The standard InChI is InChI=1S/C20H17ClN2O3/c1-13(15-11-10-14-6-2-3-7-16(14)20(15)25)22-23-19(24)12-26-18-9-5-4-8-17(18)21/h2-11,25H,12H2,1H3,(H,23,24)/b22-13+. The van der Waals surface area contributed by atoms with Crippen LogP contribution in [0.15, 0.2) is 65.8 Å². The van der Waals surface area contributed by atoms with Crippen molar-refractivity contribution in [1.29, 1.82) is 0 Å². The Morgan fingerprint density at radius 2 is 1.85 bits per heavy atom. The van der Waals surface area contributed by atoms with Crippen LogP contribution in [0.25, 0.3) is 10.8 Å². The first-order valence-corrected chi connectivity index (χ1v) is 8.35. The molecule has 1 amide bonds. The Labute approximate surface area is 155 Å². The van der Waals surface area contributed by atoms with Gasteiger partial charge in [-0.1, -0.05) is 54.1 Å². The molecule has 3 rings (SSSR count). The molecule has 0 atom stereocenters. The number of phenols is 1. The van der Waals surface area contributed by atoms with Crippen LogP contribution in [0.5, 0.6) is 11.5 Å². The van der Waals surface area contributed by atoms with Crippen LogP contribution in [0.3, 0.4) is 0 Å². The van der Waals surface area contributed by atoms with Crippen LogP contribution in [0.1, 0.15) is 12.5 Å². The summed E-state index contributed by atoms with van der Waals surface area (Å²) in [7, 11) is 0. The zero-order valence-corrected chi connectivity index (χ0v) is 14.8. The second-order valence-electron chi connectivity index (χ2n) is 5.63. The molecule has 0 heterocycles. The fourth-order valence-electron chi connectivity index (χ4n) is 2.49. The van der Waals surface area contributed by atoms with E-state index in [4.69, 9.17) is 16.3 Å². The van der Waals surface area contributed by atoms with Crippen molar-refractivity contribution in [2.75, 3.05) is 6.61 Å². The number of hydrogen-bond acceptors (Lipinski definition) is 4. The fourth-order valence-corrected chi connectivity index (χ4v) is 2.68. The van der Waals surface area contributed by atoms with E-state index in [9.17, 15) is 9.90 Å². The molecule has 0 saturated heterocycles. The predicted molar refractivity (Wildman–Crippen MR) is 103 cm³/mol. The molecule has 0 aromatic heterocycles. The zero-order chi connectivity index (χ0) is 18.5. The van der Waals surface area contributed by atoms with Crippen LogP contribution >= 0.6 is 11.6 Å². The van der Waals surface area contributed by atoms with Gasteiger partial charge < -0.3 is 9.84 Å². The third-order valence-corrected chi connectivity index (χ3v) is 4.15. The fraction of sp³-hybridized carbons (Fsp3) is 0.100. The summed E-state index contributed by atoms with van der Waals surface area (Å²) >= 11 is 5.97. The first-order valence-electron chi connectivity index (χ1n) is 7.98. The van der Waals surface area contributed by atoms with Gasteiger partial charge in [-0.2, -0.15) is 5.10 Å². The largest absolute Gasteiger partial charge is 0.507 e. The van der Waals surface area contributed by atoms with Crippen molar-refractivity contribution in [3.05, 3.63) is 71.2 Å². The SMILES string of the molecule is C/C(=N\NC(=O)COc1ccccc1Cl)c1ccc2ccccc2c1O. The van der Waals surface area contributed by atoms with Crippen molar-refractivity contribution in [2.45, 2.75) is 6.92 Å². The van der Waals surface area contributed by atoms with Crippen LogP contribution in [0.2, 0.25) is 5.02 Å². The maximum Gasteiger partial charge on any atom is 0.277 e. The van der Waals surface area contributed by atoms with Gasteiger partial charge in [-0.05, 0) is 30.5 Å². The number of hydrogen-bond donors (Lipinski definition) is 2. The number of nitrogens with one attached hydrogen (secondary N) is 1. The molecule has 3 aromatic rings. The van der Waals surface area contributed by atoms with Gasteiger partial charge in [-0.25, -0.2) is 5.43 Å². The van der Waals surface area contributed by atoms with E-state index in [0.717, 1.165) is 10.8 Å². The number of para-hydroxylation sites is 1. The van der Waals surface area contributed by atoms with Crippen LogP contribution in [0, 0.1) is 0 Å². The van der Waals surface area contributed by atoms with Crippen LogP contribution in [-0.4, -0.2) is 23.3 Å². The number of aromatic hydroxyl groups is 1. The third kappa shape index (κ3) is 3.95. The lowest BCUT2D eigenvalue weighted by atomic mass is 10.0. The molecule has 132 valence electrons. The third-order valence-electron chi connectivity index (χ3n) is 3.83. The summed E-state index contributed by atoms with van der Waals surface area (Å²) in [6.45, 7) is 1.49. The number of amides is 1. The highest BCUT2D eigenvalue weighted by Crippen LogP contribution is 2.29. The van der Waals surface area contributed by atoms with Gasteiger partial charge in [0.1, 0.15) is 11.5 Å². The molecule has 6 heteroatoms. The molecule has 5 nitrogen and oxygen atoms in total. The summed E-state index contributed by atoms with van der Waals surface area (Å²) < 4.78 is 5.36. The first-order chi connectivity index (χ1) is 12.6. The minimum Gasteiger partial charge on any atom is -0.507 e. The predicted octanol–water partition coefficient (Wildman–Crippen LogP) is 4.12. The number of ether oxygens (including phenoxy) is 1. The monoisotopic (exact) mass is 368 g/mol. The van der Waals surface area contributed by atoms with Gasteiger partial charge in [0.25, 0.3) is 5.91 Å². The molecule has 0 bridgehead atoms. The number of carbonyl (C=O) groups excluding carboxylic acids is 1. The Morgan fingerprint density at radius 1 is 1.12 bits per heavy atom. The highest BCUT2D eigenvalue weighted by atomic mass is 35.5. The molecular formula is C20H17ClN2O3. The van der Waals surface area contributed by atoms with Gasteiger partial charge >= 0.3 is 0 Å². The minimum atomic E-state index is -0.426. The van der Waals surface area contributed by atoms with Gasteiger partial charge in [0.2, 0.25) is 0 Å². The van der Waals surface area contributed by atoms with Crippen molar-refractivity contribution < 1.29 is 14.6 Å². The molecule has 0 aliphatic rings. The second kappa shape index (κ2) is 7.89. The topological polar surface area (TPSA) is 70.9 Å². The minimum absolute atomic E-state index is 0.130. The lowest BCUT2D eigenvalue weighted by Gasteiger charge is -2.09. The summed E-state index contributed by atoms with van der Waals surface area (Å²) in [4.78, 5) is 11.9. The highest BCUT2D eigenvalue weighted by Gasteiger charge is 2.10. The lowest BCUT2D eigenvalue weighted by molar-refractivity contribution is -0.123. The summed E-state index contributed by atoms with van der Waals surface area (Å²) in [5, 5.41) is 16.6. The Kier molecular flexibility index (Phi) is 5.39. The number of hydrazone groups is 1. The number of rotatable bonds is 5. The molecule has 0 spiro atoms. The van der Waals surface area contributed by atoms with E-state index in [1.165, 1.54) is 0 Å². The lowest BCUT2D eigenvalue weighted by Crippen LogP contribution is -2.25. The molecule has 2 N–H and O–H groups in total. The number of halogens is 1. The number of nitrogens with zero attached hydrogens (tertiary/aromatic N) is 1. The number of carbonyl (C=O) groups is 1. The summed E-state index contributed by atoms with van der Waals surface area (Å²) in [6.07, 6.45) is 0.